The molecule has 3 aliphatic heterocycles. The van der Waals surface area contributed by atoms with Gasteiger partial charge in [0.25, 0.3) is 0 Å². The molecule has 4 N–H and O–H groups in total. The van der Waals surface area contributed by atoms with E-state index in [0.717, 1.165) is 16.6 Å². The molecule has 3 fully saturated rings. The molecule has 0 spiro atoms. The Labute approximate surface area is 400 Å². The first kappa shape index (κ1) is 53.7. The molecule has 18 heteroatoms. The Balaban J connectivity index is 1.33. The van der Waals surface area contributed by atoms with Crippen molar-refractivity contribution in [3.05, 3.63) is 53.9 Å². The fraction of sp³-hybridized carbons (Fsp3) is 0.720. The molecule has 1 aromatic heterocycles. The summed E-state index contributed by atoms with van der Waals surface area (Å²) in [5.74, 6) is -1.83. The minimum absolute atomic E-state index is 0.0606. The molecular weight excluding hydrogens is 881 g/mol. The van der Waals surface area contributed by atoms with E-state index in [-0.39, 0.29) is 51.2 Å². The fourth-order valence-electron chi connectivity index (χ4n) is 10.1. The lowest BCUT2D eigenvalue weighted by atomic mass is 9.79. The minimum Gasteiger partial charge on any atom is -0.462 e. The number of aliphatic hydroxyl groups excluding tert-OH is 3. The number of carbonyl (C=O) groups is 2. The van der Waals surface area contributed by atoms with E-state index >= 15 is 0 Å². The number of ether oxygens (including phenoxy) is 8. The number of esters is 1. The predicted octanol–water partition coefficient (Wildman–Crippen LogP) is 4.28. The Kier molecular flexibility index (Phi) is 20.1. The number of rotatable bonds is 12. The highest BCUT2D eigenvalue weighted by Crippen LogP contribution is 2.36. The number of nitrogens with one attached hydrogen (secondary N) is 1. The van der Waals surface area contributed by atoms with E-state index in [1.54, 1.807) is 45.2 Å². The number of fused-ring (bicyclic) bond motifs is 4. The van der Waals surface area contributed by atoms with E-state index in [4.69, 9.17) is 42.7 Å². The van der Waals surface area contributed by atoms with Crippen LogP contribution in [0.5, 0.6) is 0 Å². The van der Waals surface area contributed by atoms with Crippen LogP contribution < -0.4 is 0 Å². The van der Waals surface area contributed by atoms with Gasteiger partial charge in [-0.25, -0.2) is 4.98 Å². The number of aromatic nitrogens is 2. The maximum Gasteiger partial charge on any atom is 0.308 e. The van der Waals surface area contributed by atoms with Gasteiger partial charge in [0.2, 0.25) is 0 Å². The Hall–Kier alpha value is -3.66. The maximum absolute atomic E-state index is 14.5. The van der Waals surface area contributed by atoms with Crippen molar-refractivity contribution in [1.29, 1.82) is 0 Å². The topological polar surface area (TPSA) is 222 Å². The van der Waals surface area contributed by atoms with Crippen LogP contribution in [-0.4, -0.2) is 176 Å². The molecule has 4 aliphatic rings. The van der Waals surface area contributed by atoms with E-state index < -0.39 is 97.1 Å². The average Bonchev–Trinajstić information content (AvgIpc) is 3.73. The van der Waals surface area contributed by atoms with Crippen molar-refractivity contribution in [2.45, 2.75) is 153 Å². The lowest BCUT2D eigenvalue weighted by Crippen LogP contribution is -2.63. The van der Waals surface area contributed by atoms with Crippen LogP contribution in [0.2, 0.25) is 0 Å². The Bertz CT molecular complexity index is 1980. The molecule has 380 valence electrons. The summed E-state index contributed by atoms with van der Waals surface area (Å²) in [5.41, 5.74) is 2.90. The molecule has 2 bridgehead atoms. The third-order valence-electron chi connectivity index (χ3n) is 14.0. The number of cyclic esters (lactones) is 1. The van der Waals surface area contributed by atoms with Gasteiger partial charge in [0.15, 0.2) is 18.7 Å². The Morgan fingerprint density at radius 2 is 1.72 bits per heavy atom. The van der Waals surface area contributed by atoms with Crippen molar-refractivity contribution in [1.82, 2.24) is 14.9 Å². The van der Waals surface area contributed by atoms with Crippen molar-refractivity contribution >= 4 is 28.5 Å². The number of H-pyrrole nitrogens is 1. The summed E-state index contributed by atoms with van der Waals surface area (Å²) >= 11 is 0. The molecule has 2 saturated heterocycles. The van der Waals surface area contributed by atoms with Gasteiger partial charge in [-0.05, 0) is 84.2 Å². The highest BCUT2D eigenvalue weighted by molar-refractivity contribution is 5.91. The number of ketones is 1. The van der Waals surface area contributed by atoms with Crippen LogP contribution in [0.25, 0.3) is 11.0 Å². The SMILES string of the molecule is CC[C@H]1OC(=O)C[C@H]2OC/C(=N/OCc3nc4ccccc4[nH]3)COCCC(C[C@@H](C)C(=O)/C=C/C(C)=C/[C@@H]1CO[C@@H]1CC[C@@H](O)[C@@H](OC)[C@H]1OC)[C@H](O[C@@H]1O[C@H](C)[C@@H](O)[C@H](N(C)C)[C@H]1O)[C@H]2C. The van der Waals surface area contributed by atoms with Gasteiger partial charge in [-0.15, -0.1) is 0 Å². The highest BCUT2D eigenvalue weighted by Gasteiger charge is 2.48. The first-order valence-corrected chi connectivity index (χ1v) is 24.2. The zero-order valence-electron chi connectivity index (χ0n) is 41.2. The van der Waals surface area contributed by atoms with E-state index in [2.05, 4.69) is 15.1 Å². The number of likely N-dealkylation sites (N-methyl/N-ethyl adjacent to an activating group) is 1. The van der Waals surface area contributed by atoms with E-state index in [1.807, 2.05) is 58.0 Å². The van der Waals surface area contributed by atoms with Crippen LogP contribution in [0.4, 0.5) is 0 Å². The molecule has 1 aromatic carbocycles. The van der Waals surface area contributed by atoms with Crippen molar-refractivity contribution < 1.29 is 67.6 Å². The normalized spacial score (nSPS) is 38.2. The number of hydrogen-bond donors (Lipinski definition) is 4. The number of para-hydroxylation sites is 2. The molecule has 68 heavy (non-hydrogen) atoms. The zero-order valence-corrected chi connectivity index (χ0v) is 41.2. The second kappa shape index (κ2) is 25.5. The standard InChI is InChI=1S/C50H76N4O14/c1-10-39-33(24-63-40-18-17-38(56)48(60-8)49(40)61-9)21-28(2)15-16-37(55)29(3)22-32-19-20-62-25-34(53-65-27-42-51-35-13-11-12-14-36(35)52-42)26-64-41(23-43(57)67-39)30(4)47(32)68-50-46(59)44(54(6)7)45(58)31(5)66-50/h11-16,21,29-33,38-41,44-50,56,58-59H,10,17-20,22-27H2,1-9H3,(H,51,52)/b16-15+,28-21+,53-34+/t29-,30+,31-,32?,33-,38-,39-,40-,41-,44+,45-,46-,47-,48-,49+,50+/m1/s1. The molecule has 1 aliphatic carbocycles. The highest BCUT2D eigenvalue weighted by atomic mass is 16.7. The second-order valence-electron chi connectivity index (χ2n) is 19.2. The van der Waals surface area contributed by atoms with Crippen LogP contribution in [0.15, 0.2) is 53.2 Å². The van der Waals surface area contributed by atoms with Crippen LogP contribution in [0.1, 0.15) is 79.0 Å². The molecule has 2 aromatic rings. The van der Waals surface area contributed by atoms with Crippen molar-refractivity contribution in [3.63, 3.8) is 0 Å². The molecular formula is C50H76N4O14. The van der Waals surface area contributed by atoms with Gasteiger partial charge in [-0.1, -0.05) is 55.8 Å². The van der Waals surface area contributed by atoms with Crippen LogP contribution >= 0.6 is 0 Å². The number of hydrogen-bond acceptors (Lipinski definition) is 17. The summed E-state index contributed by atoms with van der Waals surface area (Å²) in [7, 11) is 6.65. The van der Waals surface area contributed by atoms with Crippen LogP contribution in [0.3, 0.4) is 0 Å². The van der Waals surface area contributed by atoms with E-state index in [1.165, 1.54) is 7.11 Å². The molecule has 1 saturated carbocycles. The smallest absolute Gasteiger partial charge is 0.308 e. The average molecular weight is 957 g/mol. The molecule has 16 atom stereocenters. The first-order chi connectivity index (χ1) is 32.6. The predicted molar refractivity (Wildman–Crippen MR) is 251 cm³/mol. The zero-order chi connectivity index (χ0) is 49.1. The van der Waals surface area contributed by atoms with Gasteiger partial charge in [-0.2, -0.15) is 0 Å². The van der Waals surface area contributed by atoms with Gasteiger partial charge in [-0.3, -0.25) is 9.59 Å². The number of aromatic amines is 1. The summed E-state index contributed by atoms with van der Waals surface area (Å²) in [6.07, 6.45) is -1.10. The third kappa shape index (κ3) is 13.8. The minimum atomic E-state index is -1.25. The molecule has 6 rings (SSSR count). The van der Waals surface area contributed by atoms with Gasteiger partial charge in [0, 0.05) is 38.6 Å². The van der Waals surface area contributed by atoms with Gasteiger partial charge in [0.1, 0.15) is 36.0 Å². The Morgan fingerprint density at radius 1 is 0.956 bits per heavy atom. The molecule has 1 unspecified atom stereocenters. The molecule has 0 amide bonds. The second-order valence-corrected chi connectivity index (χ2v) is 19.2. The number of allylic oxidation sites excluding steroid dienone is 3. The summed E-state index contributed by atoms with van der Waals surface area (Å²) < 4.78 is 50.3. The quantitative estimate of drug-likeness (QED) is 0.172. The molecule has 0 radical (unpaired) electrons. The summed E-state index contributed by atoms with van der Waals surface area (Å²) in [6.45, 7) is 9.85. The summed E-state index contributed by atoms with van der Waals surface area (Å²) in [6, 6.07) is 6.97. The van der Waals surface area contributed by atoms with Gasteiger partial charge >= 0.3 is 5.97 Å². The molecule has 18 nitrogen and oxygen atoms in total. The van der Waals surface area contributed by atoms with Crippen molar-refractivity contribution in [2.24, 2.45) is 28.8 Å². The monoisotopic (exact) mass is 957 g/mol. The Morgan fingerprint density at radius 3 is 2.44 bits per heavy atom. The lowest BCUT2D eigenvalue weighted by Gasteiger charge is -2.47. The lowest BCUT2D eigenvalue weighted by molar-refractivity contribution is -0.305. The summed E-state index contributed by atoms with van der Waals surface area (Å²) in [5, 5.41) is 37.9. The van der Waals surface area contributed by atoms with E-state index in [9.17, 15) is 24.9 Å². The van der Waals surface area contributed by atoms with Crippen LogP contribution in [-0.2, 0) is 58.9 Å². The summed E-state index contributed by atoms with van der Waals surface area (Å²) in [4.78, 5) is 43.9. The number of benzene rings is 1. The van der Waals surface area contributed by atoms with Crippen molar-refractivity contribution in [2.75, 3.05) is 54.7 Å². The number of imidazole rings is 1. The number of carbonyl (C=O) groups excluding carboxylic acids is 2. The number of nitrogens with zero attached hydrogens (tertiary/aromatic N) is 3. The largest absolute Gasteiger partial charge is 0.462 e. The maximum atomic E-state index is 14.5. The third-order valence-corrected chi connectivity index (χ3v) is 14.0. The number of aliphatic hydroxyl groups is 3. The number of oxime groups is 1. The first-order valence-electron chi connectivity index (χ1n) is 24.2. The van der Waals surface area contributed by atoms with Gasteiger partial charge in [0.05, 0.1) is 79.9 Å². The van der Waals surface area contributed by atoms with Gasteiger partial charge < -0.3 is 67.9 Å². The number of methoxy groups -OCH3 is 2. The van der Waals surface area contributed by atoms with Crippen LogP contribution in [0, 0.1) is 23.7 Å². The fourth-order valence-corrected chi connectivity index (χ4v) is 10.1. The van der Waals surface area contributed by atoms with E-state index in [0.29, 0.717) is 43.6 Å². The molecule has 4 heterocycles. The van der Waals surface area contributed by atoms with Crippen molar-refractivity contribution in [3.8, 4) is 0 Å².